The molecule has 0 saturated carbocycles. The fourth-order valence-electron chi connectivity index (χ4n) is 5.22. The first-order valence-electron chi connectivity index (χ1n) is 12.0. The summed E-state index contributed by atoms with van der Waals surface area (Å²) in [7, 11) is 0. The van der Waals surface area contributed by atoms with Crippen LogP contribution in [0.25, 0.3) is 55.5 Å². The maximum atomic E-state index is 12.9. The summed E-state index contributed by atoms with van der Waals surface area (Å²) in [6.07, 6.45) is 1.17. The molecule has 5 aromatic rings. The Balaban J connectivity index is 0.000000329. The molecule has 187 valence electrons. The van der Waals surface area contributed by atoms with E-state index in [1.807, 2.05) is 36.4 Å². The monoisotopic (exact) mass is 673 g/mol. The normalized spacial score (nSPS) is 12.2. The summed E-state index contributed by atoms with van der Waals surface area (Å²) >= 11 is 0. The van der Waals surface area contributed by atoms with Gasteiger partial charge in [-0.05, 0) is 53.4 Å². The SMILES string of the molecule is CC(=O)/C=C(/C)O.O=C1c2cc(-c3cc4c5c(cccc5n3)-c3ccccc3-4)[c-]cc2-c2ccccc21.[Ir]. The van der Waals surface area contributed by atoms with Gasteiger partial charge in [-0.2, -0.15) is 0 Å². The second-order valence-corrected chi connectivity index (χ2v) is 9.25. The van der Waals surface area contributed by atoms with Crippen molar-refractivity contribution in [2.45, 2.75) is 13.8 Å². The fraction of sp³-hybridized carbons (Fsp3) is 0.0606. The molecule has 4 aromatic carbocycles. The van der Waals surface area contributed by atoms with Crippen molar-refractivity contribution in [1.29, 1.82) is 0 Å². The Morgan fingerprint density at radius 1 is 0.763 bits per heavy atom. The average molecular weight is 673 g/mol. The summed E-state index contributed by atoms with van der Waals surface area (Å²) in [5, 5.41) is 9.56. The van der Waals surface area contributed by atoms with E-state index in [0.29, 0.717) is 0 Å². The number of carbonyl (C=O) groups is 2. The van der Waals surface area contributed by atoms with Crippen molar-refractivity contribution in [1.82, 2.24) is 4.98 Å². The Morgan fingerprint density at radius 2 is 1.37 bits per heavy atom. The molecule has 38 heavy (non-hydrogen) atoms. The van der Waals surface area contributed by atoms with Gasteiger partial charge in [0.1, 0.15) is 0 Å². The van der Waals surface area contributed by atoms with Crippen LogP contribution in [0.1, 0.15) is 29.8 Å². The van der Waals surface area contributed by atoms with E-state index in [2.05, 4.69) is 54.6 Å². The van der Waals surface area contributed by atoms with Gasteiger partial charge in [0.05, 0.1) is 11.3 Å². The number of ketones is 2. The number of pyridine rings is 1. The molecule has 0 unspecified atom stereocenters. The zero-order chi connectivity index (χ0) is 25.7. The van der Waals surface area contributed by atoms with Crippen LogP contribution in [0.15, 0.2) is 96.8 Å². The van der Waals surface area contributed by atoms with Crippen LogP contribution >= 0.6 is 0 Å². The molecule has 0 bridgehead atoms. The molecule has 0 atom stereocenters. The number of aromatic nitrogens is 1. The second-order valence-electron chi connectivity index (χ2n) is 9.25. The first kappa shape index (κ1) is 25.5. The van der Waals surface area contributed by atoms with E-state index in [0.717, 1.165) is 39.0 Å². The Kier molecular flexibility index (Phi) is 6.66. The van der Waals surface area contributed by atoms with Gasteiger partial charge >= 0.3 is 0 Å². The minimum Gasteiger partial charge on any atom is -0.512 e. The van der Waals surface area contributed by atoms with Crippen molar-refractivity contribution in [2.75, 3.05) is 0 Å². The molecule has 2 aliphatic rings. The minimum absolute atomic E-state index is 0. The molecule has 1 aromatic heterocycles. The number of fused-ring (bicyclic) bond motifs is 6. The van der Waals surface area contributed by atoms with E-state index >= 15 is 0 Å². The van der Waals surface area contributed by atoms with Gasteiger partial charge in [0.25, 0.3) is 0 Å². The Morgan fingerprint density at radius 3 is 2.00 bits per heavy atom. The van der Waals surface area contributed by atoms with Crippen molar-refractivity contribution < 1.29 is 34.8 Å². The predicted molar refractivity (Wildman–Crippen MR) is 146 cm³/mol. The summed E-state index contributed by atoms with van der Waals surface area (Å²) in [4.78, 5) is 27.9. The van der Waals surface area contributed by atoms with E-state index in [1.54, 1.807) is 0 Å². The molecule has 1 radical (unpaired) electrons. The number of benzene rings is 4. The zero-order valence-electron chi connectivity index (χ0n) is 20.7. The Bertz CT molecular complexity index is 1800. The van der Waals surface area contributed by atoms with Crippen LogP contribution in [0.4, 0.5) is 0 Å². The third-order valence-corrected chi connectivity index (χ3v) is 6.69. The molecular weight excluding hydrogens is 651 g/mol. The van der Waals surface area contributed by atoms with Crippen molar-refractivity contribution in [3.8, 4) is 44.6 Å². The number of aliphatic hydroxyl groups is 1. The molecule has 0 spiro atoms. The molecule has 0 aliphatic heterocycles. The molecule has 2 aliphatic carbocycles. The molecule has 7 rings (SSSR count). The summed E-state index contributed by atoms with van der Waals surface area (Å²) in [6.45, 7) is 2.85. The van der Waals surface area contributed by atoms with E-state index in [9.17, 15) is 9.59 Å². The van der Waals surface area contributed by atoms with Crippen molar-refractivity contribution in [2.24, 2.45) is 0 Å². The van der Waals surface area contributed by atoms with E-state index in [1.165, 1.54) is 47.6 Å². The van der Waals surface area contributed by atoms with Crippen LogP contribution in [0.2, 0.25) is 0 Å². The van der Waals surface area contributed by atoms with Gasteiger partial charge in [0.2, 0.25) is 0 Å². The molecular formula is C33H22IrNO3-. The summed E-state index contributed by atoms with van der Waals surface area (Å²) in [5.41, 5.74) is 11.0. The maximum Gasteiger partial charge on any atom is 0.175 e. The number of allylic oxidation sites excluding steroid dienone is 2. The molecule has 4 nitrogen and oxygen atoms in total. The van der Waals surface area contributed by atoms with Gasteiger partial charge in [-0.3, -0.25) is 14.6 Å². The fourth-order valence-corrected chi connectivity index (χ4v) is 5.22. The Labute approximate surface area is 234 Å². The number of rotatable bonds is 2. The van der Waals surface area contributed by atoms with Gasteiger partial charge in [0, 0.05) is 37.1 Å². The summed E-state index contributed by atoms with van der Waals surface area (Å²) in [6, 6.07) is 32.0. The maximum absolute atomic E-state index is 12.9. The van der Waals surface area contributed by atoms with Crippen molar-refractivity contribution in [3.63, 3.8) is 0 Å². The standard InChI is InChI=1S/C28H14NO.C5H8O2.Ir/c30-28-22-9-4-3-7-18(22)20-13-12-16(14-24(20)28)26-15-23-19-8-2-1-6-17(19)21-10-5-11-25(29-26)27(21)23;1-4(6)3-5(2)7;/h1-11,13-15H;3,6H,1-2H3;/q-1;;/b;4-3-;. The third kappa shape index (κ3) is 4.20. The first-order chi connectivity index (χ1) is 17.9. The van der Waals surface area contributed by atoms with Crippen molar-refractivity contribution in [3.05, 3.63) is 114 Å². The Hall–Kier alpha value is -4.18. The van der Waals surface area contributed by atoms with Crippen LogP contribution in [0.5, 0.6) is 0 Å². The van der Waals surface area contributed by atoms with Gasteiger partial charge in [-0.15, -0.1) is 23.8 Å². The average Bonchev–Trinajstić information content (AvgIpc) is 3.37. The molecule has 5 heteroatoms. The zero-order valence-corrected chi connectivity index (χ0v) is 23.1. The quantitative estimate of drug-likeness (QED) is 0.117. The minimum atomic E-state index is -0.125. The van der Waals surface area contributed by atoms with Crippen LogP contribution in [-0.2, 0) is 24.9 Å². The topological polar surface area (TPSA) is 67.3 Å². The van der Waals surface area contributed by atoms with Crippen LogP contribution in [0, 0.1) is 6.07 Å². The number of hydrogen-bond acceptors (Lipinski definition) is 4. The smallest absolute Gasteiger partial charge is 0.175 e. The largest absolute Gasteiger partial charge is 0.512 e. The van der Waals surface area contributed by atoms with Crippen LogP contribution in [0.3, 0.4) is 0 Å². The second kappa shape index (κ2) is 9.94. The van der Waals surface area contributed by atoms with E-state index in [4.69, 9.17) is 10.1 Å². The van der Waals surface area contributed by atoms with Gasteiger partial charge in [-0.1, -0.05) is 77.9 Å². The summed E-state index contributed by atoms with van der Waals surface area (Å²) in [5.74, 6) is 0.0151. The molecule has 0 fully saturated rings. The number of hydrogen-bond donors (Lipinski definition) is 1. The summed E-state index contributed by atoms with van der Waals surface area (Å²) < 4.78 is 0. The number of carbonyl (C=O) groups excluding carboxylic acids is 2. The number of aliphatic hydroxyl groups excluding tert-OH is 1. The number of nitrogens with zero attached hydrogens (tertiary/aromatic N) is 1. The molecule has 1 N–H and O–H groups in total. The van der Waals surface area contributed by atoms with Gasteiger partial charge in [-0.25, -0.2) is 0 Å². The van der Waals surface area contributed by atoms with Crippen molar-refractivity contribution >= 4 is 22.5 Å². The van der Waals surface area contributed by atoms with Crippen LogP contribution in [-0.4, -0.2) is 21.7 Å². The predicted octanol–water partition coefficient (Wildman–Crippen LogP) is 7.60. The van der Waals surface area contributed by atoms with E-state index in [-0.39, 0.29) is 37.4 Å². The van der Waals surface area contributed by atoms with Crippen LogP contribution < -0.4 is 0 Å². The van der Waals surface area contributed by atoms with E-state index < -0.39 is 0 Å². The molecule has 1 heterocycles. The van der Waals surface area contributed by atoms with Gasteiger partial charge in [0.15, 0.2) is 11.6 Å². The first-order valence-corrected chi connectivity index (χ1v) is 12.0. The molecule has 0 amide bonds. The third-order valence-electron chi connectivity index (χ3n) is 6.69. The van der Waals surface area contributed by atoms with Gasteiger partial charge < -0.3 is 5.11 Å². The molecule has 0 saturated heterocycles.